The van der Waals surface area contributed by atoms with Crippen LogP contribution in [-0.4, -0.2) is 25.7 Å². The topological polar surface area (TPSA) is 72.7 Å². The van der Waals surface area contributed by atoms with Crippen LogP contribution in [0.5, 0.6) is 0 Å². The van der Waals surface area contributed by atoms with E-state index in [1.54, 1.807) is 18.6 Å². The highest BCUT2D eigenvalue weighted by Crippen LogP contribution is 2.31. The average Bonchev–Trinajstić information content (AvgIpc) is 3.30. The van der Waals surface area contributed by atoms with E-state index in [0.717, 1.165) is 35.0 Å². The molecular weight excluding hydrogens is 278 g/mol. The summed E-state index contributed by atoms with van der Waals surface area (Å²) in [5.74, 6) is 0.801. The summed E-state index contributed by atoms with van der Waals surface area (Å²) in [7, 11) is 1.90. The highest BCUT2D eigenvalue weighted by Gasteiger charge is 2.29. The third-order valence-corrected chi connectivity index (χ3v) is 3.87. The van der Waals surface area contributed by atoms with Crippen molar-refractivity contribution < 1.29 is 4.79 Å². The van der Waals surface area contributed by atoms with Crippen LogP contribution in [0.4, 0.5) is 5.82 Å². The molecule has 6 heteroatoms. The zero-order valence-corrected chi connectivity index (χ0v) is 12.2. The first-order valence-corrected chi connectivity index (χ1v) is 7.26. The molecular formula is C16H15N5O. The van der Waals surface area contributed by atoms with Crippen LogP contribution in [0.3, 0.4) is 0 Å². The van der Waals surface area contributed by atoms with E-state index in [0.29, 0.717) is 5.82 Å². The summed E-state index contributed by atoms with van der Waals surface area (Å²) in [6.45, 7) is 0. The molecule has 0 aromatic carbocycles. The van der Waals surface area contributed by atoms with Gasteiger partial charge in [-0.1, -0.05) is 0 Å². The lowest BCUT2D eigenvalue weighted by Gasteiger charge is -2.07. The molecule has 0 bridgehead atoms. The van der Waals surface area contributed by atoms with E-state index in [2.05, 4.69) is 20.4 Å². The Morgan fingerprint density at radius 1 is 1.32 bits per heavy atom. The van der Waals surface area contributed by atoms with Gasteiger partial charge in [0.15, 0.2) is 0 Å². The zero-order valence-electron chi connectivity index (χ0n) is 12.2. The fraction of sp³-hybridized carbons (Fsp3) is 0.250. The molecule has 110 valence electrons. The fourth-order valence-electron chi connectivity index (χ4n) is 2.61. The second-order valence-corrected chi connectivity index (χ2v) is 5.56. The molecule has 1 fully saturated rings. The SMILES string of the molecule is Cn1nc2cnccc2c1-c1ccnc(NC(=O)C2CC2)c1. The van der Waals surface area contributed by atoms with Gasteiger partial charge in [0.2, 0.25) is 5.91 Å². The van der Waals surface area contributed by atoms with Crippen molar-refractivity contribution in [2.24, 2.45) is 13.0 Å². The third-order valence-electron chi connectivity index (χ3n) is 3.87. The summed E-state index contributed by atoms with van der Waals surface area (Å²) in [6.07, 6.45) is 7.16. The molecule has 0 unspecified atom stereocenters. The molecule has 4 rings (SSSR count). The summed E-state index contributed by atoms with van der Waals surface area (Å²) in [6, 6.07) is 5.75. The number of fused-ring (bicyclic) bond motifs is 1. The van der Waals surface area contributed by atoms with Gasteiger partial charge in [0.1, 0.15) is 11.3 Å². The monoisotopic (exact) mass is 293 g/mol. The van der Waals surface area contributed by atoms with E-state index in [4.69, 9.17) is 0 Å². The van der Waals surface area contributed by atoms with Gasteiger partial charge < -0.3 is 5.32 Å². The molecule has 3 aromatic rings. The molecule has 6 nitrogen and oxygen atoms in total. The van der Waals surface area contributed by atoms with E-state index in [1.165, 1.54) is 0 Å². The van der Waals surface area contributed by atoms with E-state index >= 15 is 0 Å². The number of hydrogen-bond acceptors (Lipinski definition) is 4. The van der Waals surface area contributed by atoms with Crippen molar-refractivity contribution in [3.63, 3.8) is 0 Å². The minimum Gasteiger partial charge on any atom is -0.310 e. The summed E-state index contributed by atoms with van der Waals surface area (Å²) < 4.78 is 1.83. The Kier molecular flexibility index (Phi) is 2.89. The van der Waals surface area contributed by atoms with Gasteiger partial charge in [0.25, 0.3) is 0 Å². The smallest absolute Gasteiger partial charge is 0.228 e. The van der Waals surface area contributed by atoms with Gasteiger partial charge >= 0.3 is 0 Å². The number of anilines is 1. The molecule has 1 aliphatic carbocycles. The number of carbonyl (C=O) groups is 1. The van der Waals surface area contributed by atoms with Crippen molar-refractivity contribution in [2.75, 3.05) is 5.32 Å². The lowest BCUT2D eigenvalue weighted by molar-refractivity contribution is -0.117. The lowest BCUT2D eigenvalue weighted by Crippen LogP contribution is -2.14. The number of nitrogens with one attached hydrogen (secondary N) is 1. The standard InChI is InChI=1S/C16H15N5O/c1-21-15(12-5-6-17-9-13(12)20-21)11-4-7-18-14(8-11)19-16(22)10-2-3-10/h4-10H,2-3H2,1H3,(H,18,19,22). The van der Waals surface area contributed by atoms with E-state index in [-0.39, 0.29) is 11.8 Å². The maximum atomic E-state index is 11.9. The average molecular weight is 293 g/mol. The first-order valence-electron chi connectivity index (χ1n) is 7.26. The lowest BCUT2D eigenvalue weighted by atomic mass is 10.1. The van der Waals surface area contributed by atoms with E-state index in [1.807, 2.05) is 29.9 Å². The number of rotatable bonds is 3. The third kappa shape index (κ3) is 2.22. The van der Waals surface area contributed by atoms with Crippen LogP contribution in [0.15, 0.2) is 36.8 Å². The second-order valence-electron chi connectivity index (χ2n) is 5.56. The Morgan fingerprint density at radius 2 is 2.18 bits per heavy atom. The number of aromatic nitrogens is 4. The number of carbonyl (C=O) groups excluding carboxylic acids is 1. The number of hydrogen-bond donors (Lipinski definition) is 1. The molecule has 0 saturated heterocycles. The van der Waals surface area contributed by atoms with Crippen molar-refractivity contribution in [1.82, 2.24) is 19.7 Å². The summed E-state index contributed by atoms with van der Waals surface area (Å²) in [4.78, 5) is 20.2. The van der Waals surface area contributed by atoms with Crippen LogP contribution < -0.4 is 5.32 Å². The van der Waals surface area contributed by atoms with Gasteiger partial charge in [0, 0.05) is 36.3 Å². The maximum Gasteiger partial charge on any atom is 0.228 e. The quantitative estimate of drug-likeness (QED) is 0.804. The highest BCUT2D eigenvalue weighted by molar-refractivity contribution is 5.95. The molecule has 1 saturated carbocycles. The predicted molar refractivity (Wildman–Crippen MR) is 83.1 cm³/mol. The van der Waals surface area contributed by atoms with Gasteiger partial charge in [-0.15, -0.1) is 0 Å². The number of amides is 1. The number of aryl methyl sites for hydroxylation is 1. The molecule has 22 heavy (non-hydrogen) atoms. The molecule has 3 heterocycles. The van der Waals surface area contributed by atoms with Crippen LogP contribution in [0.25, 0.3) is 22.2 Å². The van der Waals surface area contributed by atoms with Crippen molar-refractivity contribution in [3.05, 3.63) is 36.8 Å². The Morgan fingerprint density at radius 3 is 3.00 bits per heavy atom. The Hall–Kier alpha value is -2.76. The van der Waals surface area contributed by atoms with E-state index in [9.17, 15) is 4.79 Å². The molecule has 0 radical (unpaired) electrons. The number of pyridine rings is 2. The summed E-state index contributed by atoms with van der Waals surface area (Å²) in [5.41, 5.74) is 2.80. The van der Waals surface area contributed by atoms with Crippen molar-refractivity contribution in [3.8, 4) is 11.3 Å². The minimum atomic E-state index is 0.0590. The van der Waals surface area contributed by atoms with Crippen LogP contribution >= 0.6 is 0 Å². The van der Waals surface area contributed by atoms with Gasteiger partial charge in [-0.05, 0) is 31.0 Å². The Bertz CT molecular complexity index is 866. The van der Waals surface area contributed by atoms with Gasteiger partial charge in [-0.2, -0.15) is 5.10 Å². The molecule has 0 spiro atoms. The predicted octanol–water partition coefficient (Wildman–Crippen LogP) is 2.38. The summed E-state index contributed by atoms with van der Waals surface area (Å²) in [5, 5.41) is 8.38. The first kappa shape index (κ1) is 12.9. The molecule has 1 N–H and O–H groups in total. The van der Waals surface area contributed by atoms with Crippen molar-refractivity contribution in [2.45, 2.75) is 12.8 Å². The molecule has 3 aromatic heterocycles. The minimum absolute atomic E-state index is 0.0590. The van der Waals surface area contributed by atoms with Crippen molar-refractivity contribution >= 4 is 22.6 Å². The Balaban J connectivity index is 1.75. The molecule has 0 atom stereocenters. The van der Waals surface area contributed by atoms with Crippen LogP contribution in [-0.2, 0) is 11.8 Å². The molecule has 1 aliphatic rings. The molecule has 1 amide bonds. The normalized spacial score (nSPS) is 14.2. The molecule has 0 aliphatic heterocycles. The van der Waals surface area contributed by atoms with E-state index < -0.39 is 0 Å². The van der Waals surface area contributed by atoms with Crippen LogP contribution in [0.2, 0.25) is 0 Å². The second kappa shape index (κ2) is 4.91. The largest absolute Gasteiger partial charge is 0.310 e. The highest BCUT2D eigenvalue weighted by atomic mass is 16.2. The van der Waals surface area contributed by atoms with Gasteiger partial charge in [-0.25, -0.2) is 4.98 Å². The summed E-state index contributed by atoms with van der Waals surface area (Å²) >= 11 is 0. The van der Waals surface area contributed by atoms with Gasteiger partial charge in [0.05, 0.1) is 11.9 Å². The first-order chi connectivity index (χ1) is 10.7. The van der Waals surface area contributed by atoms with Crippen LogP contribution in [0, 0.1) is 5.92 Å². The zero-order chi connectivity index (χ0) is 15.1. The van der Waals surface area contributed by atoms with Crippen LogP contribution in [0.1, 0.15) is 12.8 Å². The number of nitrogens with zero attached hydrogens (tertiary/aromatic N) is 4. The maximum absolute atomic E-state index is 11.9. The van der Waals surface area contributed by atoms with Gasteiger partial charge in [-0.3, -0.25) is 14.5 Å². The van der Waals surface area contributed by atoms with Crippen molar-refractivity contribution in [1.29, 1.82) is 0 Å². The Labute approximate surface area is 127 Å². The fourth-order valence-corrected chi connectivity index (χ4v) is 2.61.